The summed E-state index contributed by atoms with van der Waals surface area (Å²) in [6.45, 7) is 0.236. The normalized spacial score (nSPS) is 10.7. The van der Waals surface area contributed by atoms with Gasteiger partial charge in [0.2, 0.25) is 5.91 Å². The Kier molecular flexibility index (Phi) is 5.88. The quantitative estimate of drug-likeness (QED) is 0.672. The first-order valence-corrected chi connectivity index (χ1v) is 8.64. The van der Waals surface area contributed by atoms with E-state index in [9.17, 15) is 14.0 Å². The van der Waals surface area contributed by atoms with Gasteiger partial charge >= 0.3 is 0 Å². The first-order valence-electron chi connectivity index (χ1n) is 8.64. The zero-order valence-corrected chi connectivity index (χ0v) is 15.6. The van der Waals surface area contributed by atoms with Crippen LogP contribution in [-0.4, -0.2) is 36.2 Å². The molecule has 8 heteroatoms. The van der Waals surface area contributed by atoms with E-state index in [1.54, 1.807) is 20.3 Å². The van der Waals surface area contributed by atoms with Crippen LogP contribution in [0.2, 0.25) is 0 Å². The van der Waals surface area contributed by atoms with Gasteiger partial charge in [-0.3, -0.25) is 14.2 Å². The van der Waals surface area contributed by atoms with E-state index in [2.05, 4.69) is 10.3 Å². The van der Waals surface area contributed by atoms with E-state index in [-0.39, 0.29) is 28.9 Å². The highest BCUT2D eigenvalue weighted by atomic mass is 19.1. The molecule has 0 aliphatic heterocycles. The van der Waals surface area contributed by atoms with E-state index < -0.39 is 5.82 Å². The number of methoxy groups -OCH3 is 2. The van der Waals surface area contributed by atoms with Crippen LogP contribution in [0, 0.1) is 5.82 Å². The Morgan fingerprint density at radius 2 is 1.93 bits per heavy atom. The summed E-state index contributed by atoms with van der Waals surface area (Å²) in [5.74, 6) is 0.478. The minimum absolute atomic E-state index is 0.162. The van der Waals surface area contributed by atoms with Crippen LogP contribution >= 0.6 is 0 Å². The zero-order valence-electron chi connectivity index (χ0n) is 15.6. The lowest BCUT2D eigenvalue weighted by Gasteiger charge is -2.10. The Morgan fingerprint density at radius 1 is 1.14 bits per heavy atom. The summed E-state index contributed by atoms with van der Waals surface area (Å²) >= 11 is 0. The maximum Gasteiger partial charge on any atom is 0.261 e. The Labute approximate surface area is 160 Å². The minimum atomic E-state index is -0.468. The first-order chi connectivity index (χ1) is 13.5. The fourth-order valence-corrected chi connectivity index (χ4v) is 2.84. The number of carbonyl (C=O) groups excluding carboxylic acids is 1. The second-order valence-electron chi connectivity index (χ2n) is 6.13. The summed E-state index contributed by atoms with van der Waals surface area (Å²) in [5, 5.41) is 3.04. The van der Waals surface area contributed by atoms with Crippen molar-refractivity contribution in [1.29, 1.82) is 0 Å². The van der Waals surface area contributed by atoms with Crippen LogP contribution < -0.4 is 20.3 Å². The topological polar surface area (TPSA) is 82.5 Å². The fourth-order valence-electron chi connectivity index (χ4n) is 2.84. The molecule has 1 heterocycles. The van der Waals surface area contributed by atoms with E-state index in [1.807, 2.05) is 12.1 Å². The molecule has 0 atom stereocenters. The second kappa shape index (κ2) is 8.51. The number of amides is 1. The lowest BCUT2D eigenvalue weighted by Crippen LogP contribution is -2.33. The van der Waals surface area contributed by atoms with Crippen molar-refractivity contribution in [2.24, 2.45) is 0 Å². The Morgan fingerprint density at radius 3 is 2.68 bits per heavy atom. The molecule has 0 radical (unpaired) electrons. The van der Waals surface area contributed by atoms with Crippen molar-refractivity contribution in [3.8, 4) is 11.5 Å². The predicted molar refractivity (Wildman–Crippen MR) is 102 cm³/mol. The molecular weight excluding hydrogens is 365 g/mol. The first kappa shape index (κ1) is 19.3. The second-order valence-corrected chi connectivity index (χ2v) is 6.13. The number of nitrogens with one attached hydrogen (secondary N) is 1. The van der Waals surface area contributed by atoms with Gasteiger partial charge in [0.05, 0.1) is 31.4 Å². The van der Waals surface area contributed by atoms with Gasteiger partial charge in [0.25, 0.3) is 5.56 Å². The van der Waals surface area contributed by atoms with E-state index in [4.69, 9.17) is 9.47 Å². The Hall–Kier alpha value is -3.42. The lowest BCUT2D eigenvalue weighted by atomic mass is 10.1. The van der Waals surface area contributed by atoms with Crippen molar-refractivity contribution in [1.82, 2.24) is 14.9 Å². The molecule has 7 nitrogen and oxygen atoms in total. The molecule has 0 aliphatic carbocycles. The number of hydrogen-bond donors (Lipinski definition) is 1. The molecule has 0 aliphatic rings. The van der Waals surface area contributed by atoms with Crippen molar-refractivity contribution in [2.45, 2.75) is 13.0 Å². The number of nitrogens with zero attached hydrogens (tertiary/aromatic N) is 2. The van der Waals surface area contributed by atoms with E-state index in [0.29, 0.717) is 24.5 Å². The molecule has 1 aromatic heterocycles. The molecule has 0 bridgehead atoms. The maximum atomic E-state index is 13.2. The van der Waals surface area contributed by atoms with Gasteiger partial charge in [-0.1, -0.05) is 6.07 Å². The highest BCUT2D eigenvalue weighted by Gasteiger charge is 2.09. The monoisotopic (exact) mass is 385 g/mol. The summed E-state index contributed by atoms with van der Waals surface area (Å²) in [5.41, 5.74) is 0.847. The van der Waals surface area contributed by atoms with Gasteiger partial charge < -0.3 is 14.8 Å². The van der Waals surface area contributed by atoms with Crippen molar-refractivity contribution < 1.29 is 18.7 Å². The molecule has 0 spiro atoms. The average Bonchev–Trinajstić information content (AvgIpc) is 2.70. The third kappa shape index (κ3) is 4.28. The molecule has 3 aromatic rings. The molecule has 3 rings (SSSR count). The Balaban J connectivity index is 1.60. The van der Waals surface area contributed by atoms with Crippen molar-refractivity contribution >= 4 is 16.8 Å². The van der Waals surface area contributed by atoms with Gasteiger partial charge in [0.1, 0.15) is 12.4 Å². The molecule has 0 saturated carbocycles. The maximum absolute atomic E-state index is 13.2. The van der Waals surface area contributed by atoms with E-state index >= 15 is 0 Å². The van der Waals surface area contributed by atoms with Crippen LogP contribution in [0.15, 0.2) is 47.5 Å². The van der Waals surface area contributed by atoms with Crippen LogP contribution in [0.5, 0.6) is 11.5 Å². The van der Waals surface area contributed by atoms with Gasteiger partial charge in [0, 0.05) is 12.6 Å². The van der Waals surface area contributed by atoms with E-state index in [0.717, 1.165) is 5.56 Å². The molecule has 0 unspecified atom stereocenters. The summed E-state index contributed by atoms with van der Waals surface area (Å²) in [7, 11) is 3.13. The van der Waals surface area contributed by atoms with Gasteiger partial charge in [0.15, 0.2) is 11.5 Å². The smallest absolute Gasteiger partial charge is 0.261 e. The van der Waals surface area contributed by atoms with Crippen LogP contribution in [-0.2, 0) is 17.8 Å². The van der Waals surface area contributed by atoms with Gasteiger partial charge in [-0.2, -0.15) is 0 Å². The van der Waals surface area contributed by atoms with Crippen molar-refractivity contribution in [2.75, 3.05) is 20.8 Å². The third-order valence-electron chi connectivity index (χ3n) is 4.28. The van der Waals surface area contributed by atoms with Gasteiger partial charge in [-0.15, -0.1) is 0 Å². The van der Waals surface area contributed by atoms with E-state index in [1.165, 1.54) is 29.1 Å². The summed E-state index contributed by atoms with van der Waals surface area (Å²) in [4.78, 5) is 28.6. The molecule has 2 aromatic carbocycles. The number of fused-ring (bicyclic) bond motifs is 1. The number of carbonyl (C=O) groups is 1. The third-order valence-corrected chi connectivity index (χ3v) is 4.28. The lowest BCUT2D eigenvalue weighted by molar-refractivity contribution is -0.121. The van der Waals surface area contributed by atoms with Crippen LogP contribution in [0.1, 0.15) is 5.56 Å². The van der Waals surface area contributed by atoms with Crippen LogP contribution in [0.25, 0.3) is 10.9 Å². The standard InChI is InChI=1S/C20H20FN3O4/c1-27-17-6-3-13(9-18(17)28-2)7-8-22-19(25)11-24-12-23-16-10-14(21)4-5-15(16)20(24)26/h3-6,9-10,12H,7-8,11H2,1-2H3,(H,22,25). The van der Waals surface area contributed by atoms with Crippen LogP contribution in [0.4, 0.5) is 4.39 Å². The molecular formula is C20H20FN3O4. The van der Waals surface area contributed by atoms with Gasteiger partial charge in [-0.25, -0.2) is 9.37 Å². The zero-order chi connectivity index (χ0) is 20.1. The SMILES string of the molecule is COc1ccc(CCNC(=O)Cn2cnc3cc(F)ccc3c2=O)cc1OC. The Bertz CT molecular complexity index is 1060. The average molecular weight is 385 g/mol. The molecule has 28 heavy (non-hydrogen) atoms. The molecule has 1 amide bonds. The summed E-state index contributed by atoms with van der Waals surface area (Å²) in [6, 6.07) is 9.29. The van der Waals surface area contributed by atoms with Gasteiger partial charge in [-0.05, 0) is 36.2 Å². The largest absolute Gasteiger partial charge is 0.493 e. The number of hydrogen-bond acceptors (Lipinski definition) is 5. The number of aromatic nitrogens is 2. The van der Waals surface area contributed by atoms with Crippen LogP contribution in [0.3, 0.4) is 0 Å². The minimum Gasteiger partial charge on any atom is -0.493 e. The highest BCUT2D eigenvalue weighted by molar-refractivity contribution is 5.79. The number of benzene rings is 2. The molecule has 0 fully saturated rings. The summed E-state index contributed by atoms with van der Waals surface area (Å²) in [6.07, 6.45) is 1.84. The highest BCUT2D eigenvalue weighted by Crippen LogP contribution is 2.27. The fraction of sp³-hybridized carbons (Fsp3) is 0.250. The molecule has 0 saturated heterocycles. The number of rotatable bonds is 7. The van der Waals surface area contributed by atoms with Crippen molar-refractivity contribution in [3.63, 3.8) is 0 Å². The molecule has 1 N–H and O–H groups in total. The molecule has 146 valence electrons. The number of ether oxygens (including phenoxy) is 2. The number of halogens is 1. The summed E-state index contributed by atoms with van der Waals surface area (Å²) < 4.78 is 24.9. The van der Waals surface area contributed by atoms with Crippen molar-refractivity contribution in [3.05, 3.63) is 64.5 Å². The predicted octanol–water partition coefficient (Wildman–Crippen LogP) is 1.91.